The summed E-state index contributed by atoms with van der Waals surface area (Å²) in [5, 5.41) is 3.36. The van der Waals surface area contributed by atoms with Gasteiger partial charge in [0.05, 0.1) is 5.75 Å². The highest BCUT2D eigenvalue weighted by atomic mass is 35.5. The first-order valence-electron chi connectivity index (χ1n) is 6.38. The van der Waals surface area contributed by atoms with Crippen molar-refractivity contribution in [1.29, 1.82) is 0 Å². The molecule has 0 fully saturated rings. The number of halogens is 2. The van der Waals surface area contributed by atoms with Crippen LogP contribution in [0.2, 0.25) is 5.02 Å². The molecule has 1 aromatic carbocycles. The van der Waals surface area contributed by atoms with Crippen LogP contribution in [0.4, 0.5) is 4.39 Å². The molecule has 1 amide bonds. The van der Waals surface area contributed by atoms with Crippen molar-refractivity contribution in [3.63, 3.8) is 0 Å². The summed E-state index contributed by atoms with van der Waals surface area (Å²) in [6, 6.07) is 4.84. The maximum absolute atomic E-state index is 13.5. The SMILES string of the molecule is CCC(CC)NC(=O)CSCc1c(F)cccc1Cl. The van der Waals surface area contributed by atoms with Crippen LogP contribution < -0.4 is 5.32 Å². The lowest BCUT2D eigenvalue weighted by Crippen LogP contribution is -2.35. The molecule has 0 radical (unpaired) electrons. The number of nitrogens with one attached hydrogen (secondary N) is 1. The standard InChI is InChI=1S/C14H19ClFNOS/c1-3-10(4-2)17-14(18)9-19-8-11-12(15)6-5-7-13(11)16/h5-7,10H,3-4,8-9H2,1-2H3,(H,17,18). The summed E-state index contributed by atoms with van der Waals surface area (Å²) in [5.41, 5.74) is 0.462. The van der Waals surface area contributed by atoms with Crippen molar-refractivity contribution >= 4 is 29.3 Å². The van der Waals surface area contributed by atoms with Crippen LogP contribution >= 0.6 is 23.4 Å². The summed E-state index contributed by atoms with van der Waals surface area (Å²) in [7, 11) is 0. The van der Waals surface area contributed by atoms with E-state index in [4.69, 9.17) is 11.6 Å². The zero-order chi connectivity index (χ0) is 14.3. The average Bonchev–Trinajstić information content (AvgIpc) is 2.39. The molecule has 0 spiro atoms. The lowest BCUT2D eigenvalue weighted by molar-refractivity contribution is -0.119. The Hall–Kier alpha value is -0.740. The topological polar surface area (TPSA) is 29.1 Å². The van der Waals surface area contributed by atoms with Crippen LogP contribution in [0.25, 0.3) is 0 Å². The zero-order valence-corrected chi connectivity index (χ0v) is 12.8. The van der Waals surface area contributed by atoms with E-state index in [1.807, 2.05) is 13.8 Å². The maximum atomic E-state index is 13.5. The Labute approximate surface area is 123 Å². The number of hydrogen-bond acceptors (Lipinski definition) is 2. The Morgan fingerprint density at radius 3 is 2.68 bits per heavy atom. The first-order valence-corrected chi connectivity index (χ1v) is 7.91. The van der Waals surface area contributed by atoms with E-state index in [2.05, 4.69) is 5.32 Å². The van der Waals surface area contributed by atoms with Gasteiger partial charge in [0.2, 0.25) is 5.91 Å². The van der Waals surface area contributed by atoms with Gasteiger partial charge >= 0.3 is 0 Å². The summed E-state index contributed by atoms with van der Waals surface area (Å²) in [4.78, 5) is 11.7. The summed E-state index contributed by atoms with van der Waals surface area (Å²) >= 11 is 7.29. The smallest absolute Gasteiger partial charge is 0.230 e. The van der Waals surface area contributed by atoms with Gasteiger partial charge in [0.1, 0.15) is 5.82 Å². The normalized spacial score (nSPS) is 10.8. The molecule has 0 saturated carbocycles. The molecular formula is C14H19ClFNOS. The van der Waals surface area contributed by atoms with E-state index < -0.39 is 0 Å². The minimum absolute atomic E-state index is 0.00818. The molecule has 0 aromatic heterocycles. The molecule has 0 aliphatic rings. The molecule has 0 bridgehead atoms. The summed E-state index contributed by atoms with van der Waals surface area (Å²) in [6.07, 6.45) is 1.85. The number of benzene rings is 1. The predicted molar refractivity (Wildman–Crippen MR) is 80.1 cm³/mol. The van der Waals surface area contributed by atoms with Crippen molar-refractivity contribution in [3.8, 4) is 0 Å². The van der Waals surface area contributed by atoms with Crippen LogP contribution in [-0.4, -0.2) is 17.7 Å². The van der Waals surface area contributed by atoms with E-state index in [9.17, 15) is 9.18 Å². The first kappa shape index (κ1) is 16.3. The Balaban J connectivity index is 2.40. The fourth-order valence-electron chi connectivity index (χ4n) is 1.68. The molecule has 0 heterocycles. The molecule has 1 N–H and O–H groups in total. The van der Waals surface area contributed by atoms with Crippen molar-refractivity contribution in [2.45, 2.75) is 38.5 Å². The van der Waals surface area contributed by atoms with Gasteiger partial charge in [-0.25, -0.2) is 4.39 Å². The highest BCUT2D eigenvalue weighted by Crippen LogP contribution is 2.23. The maximum Gasteiger partial charge on any atom is 0.230 e. The van der Waals surface area contributed by atoms with Gasteiger partial charge in [0.25, 0.3) is 0 Å². The molecule has 0 aliphatic heterocycles. The highest BCUT2D eigenvalue weighted by molar-refractivity contribution is 7.99. The van der Waals surface area contributed by atoms with Gasteiger partial charge in [-0.1, -0.05) is 31.5 Å². The van der Waals surface area contributed by atoms with Crippen LogP contribution in [0.15, 0.2) is 18.2 Å². The van der Waals surface area contributed by atoms with Crippen LogP contribution in [-0.2, 0) is 10.5 Å². The molecule has 5 heteroatoms. The lowest BCUT2D eigenvalue weighted by Gasteiger charge is -2.14. The molecule has 1 aromatic rings. The highest BCUT2D eigenvalue weighted by Gasteiger charge is 2.10. The molecule has 0 atom stereocenters. The third-order valence-electron chi connectivity index (χ3n) is 2.89. The lowest BCUT2D eigenvalue weighted by atomic mass is 10.2. The van der Waals surface area contributed by atoms with E-state index in [-0.39, 0.29) is 17.8 Å². The number of rotatable bonds is 7. The van der Waals surface area contributed by atoms with Gasteiger partial charge in [0.15, 0.2) is 0 Å². The van der Waals surface area contributed by atoms with Gasteiger partial charge in [-0.15, -0.1) is 11.8 Å². The van der Waals surface area contributed by atoms with Gasteiger partial charge in [-0.05, 0) is 25.0 Å². The second-order valence-corrected chi connectivity index (χ2v) is 5.67. The Morgan fingerprint density at radius 1 is 1.42 bits per heavy atom. The van der Waals surface area contributed by atoms with Crippen molar-refractivity contribution < 1.29 is 9.18 Å². The number of carbonyl (C=O) groups excluding carboxylic acids is 1. The number of thioether (sulfide) groups is 1. The molecule has 0 aliphatic carbocycles. The van der Waals surface area contributed by atoms with E-state index in [1.165, 1.54) is 17.8 Å². The summed E-state index contributed by atoms with van der Waals surface area (Å²) < 4.78 is 13.5. The fraction of sp³-hybridized carbons (Fsp3) is 0.500. The monoisotopic (exact) mass is 303 g/mol. The van der Waals surface area contributed by atoms with E-state index in [1.54, 1.807) is 12.1 Å². The average molecular weight is 304 g/mol. The van der Waals surface area contributed by atoms with Gasteiger partial charge in [-0.2, -0.15) is 0 Å². The van der Waals surface area contributed by atoms with E-state index in [0.717, 1.165) is 12.8 Å². The second kappa shape index (κ2) is 8.43. The van der Waals surface area contributed by atoms with E-state index >= 15 is 0 Å². The second-order valence-electron chi connectivity index (χ2n) is 4.27. The largest absolute Gasteiger partial charge is 0.353 e. The Morgan fingerprint density at radius 2 is 2.11 bits per heavy atom. The van der Waals surface area contributed by atoms with E-state index in [0.29, 0.717) is 22.1 Å². The molecule has 19 heavy (non-hydrogen) atoms. The Bertz CT molecular complexity index is 404. The van der Waals surface area contributed by atoms with Crippen molar-refractivity contribution in [2.75, 3.05) is 5.75 Å². The van der Waals surface area contributed by atoms with Crippen LogP contribution in [0.3, 0.4) is 0 Å². The first-order chi connectivity index (χ1) is 9.08. The van der Waals surface area contributed by atoms with Crippen molar-refractivity contribution in [1.82, 2.24) is 5.32 Å². The zero-order valence-electron chi connectivity index (χ0n) is 11.2. The third-order valence-corrected chi connectivity index (χ3v) is 4.21. The molecule has 1 rings (SSSR count). The van der Waals surface area contributed by atoms with Crippen molar-refractivity contribution in [2.24, 2.45) is 0 Å². The van der Waals surface area contributed by atoms with Crippen molar-refractivity contribution in [3.05, 3.63) is 34.6 Å². The van der Waals surface area contributed by atoms with Crippen LogP contribution in [0, 0.1) is 5.82 Å². The third kappa shape index (κ3) is 5.41. The van der Waals surface area contributed by atoms with Gasteiger partial charge in [-0.3, -0.25) is 4.79 Å². The fourth-order valence-corrected chi connectivity index (χ4v) is 2.86. The summed E-state index contributed by atoms with van der Waals surface area (Å²) in [6.45, 7) is 4.08. The van der Waals surface area contributed by atoms with Gasteiger partial charge < -0.3 is 5.32 Å². The molecule has 0 saturated heterocycles. The predicted octanol–water partition coefficient (Wildman–Crippen LogP) is 4.02. The van der Waals surface area contributed by atoms with Crippen LogP contribution in [0.5, 0.6) is 0 Å². The molecule has 0 unspecified atom stereocenters. The molecular weight excluding hydrogens is 285 g/mol. The van der Waals surface area contributed by atoms with Gasteiger partial charge in [0, 0.05) is 22.4 Å². The number of amides is 1. The number of carbonyl (C=O) groups is 1. The minimum Gasteiger partial charge on any atom is -0.353 e. The Kier molecular flexibility index (Phi) is 7.24. The minimum atomic E-state index is -0.319. The quantitative estimate of drug-likeness (QED) is 0.824. The summed E-state index contributed by atoms with van der Waals surface area (Å²) in [5.74, 6) is 0.398. The van der Waals surface area contributed by atoms with Crippen LogP contribution in [0.1, 0.15) is 32.3 Å². The number of hydrogen-bond donors (Lipinski definition) is 1. The molecule has 2 nitrogen and oxygen atoms in total. The molecule has 106 valence electrons.